The predicted molar refractivity (Wildman–Crippen MR) is 130 cm³/mol. The van der Waals surface area contributed by atoms with E-state index in [4.69, 9.17) is 55.9 Å². The molecule has 0 saturated carbocycles. The fraction of sp³-hybridized carbons (Fsp3) is 0.182. The first-order valence-electron chi connectivity index (χ1n) is 9.09. The van der Waals surface area contributed by atoms with Crippen molar-refractivity contribution in [2.24, 2.45) is 0 Å². The van der Waals surface area contributed by atoms with Gasteiger partial charge in [-0.1, -0.05) is 52.5 Å². The van der Waals surface area contributed by atoms with Crippen LogP contribution in [0.15, 0.2) is 53.0 Å². The van der Waals surface area contributed by atoms with Gasteiger partial charge in [-0.2, -0.15) is 0 Å². The minimum Gasteiger partial charge on any atom is -0.490 e. The van der Waals surface area contributed by atoms with Gasteiger partial charge in [-0.15, -0.1) is 0 Å². The van der Waals surface area contributed by atoms with E-state index >= 15 is 0 Å². The van der Waals surface area contributed by atoms with Crippen LogP contribution in [0, 0.1) is 0 Å². The average molecular weight is 550 g/mol. The summed E-state index contributed by atoms with van der Waals surface area (Å²) in [6, 6.07) is 14.7. The van der Waals surface area contributed by atoms with E-state index in [1.807, 2.05) is 25.1 Å². The van der Waals surface area contributed by atoms with Crippen LogP contribution in [0.2, 0.25) is 20.1 Å². The Labute approximate surface area is 204 Å². The van der Waals surface area contributed by atoms with Crippen LogP contribution in [0.5, 0.6) is 11.5 Å². The van der Waals surface area contributed by atoms with Gasteiger partial charge in [0.15, 0.2) is 11.5 Å². The number of nitrogens with one attached hydrogen (secondary N) is 1. The molecule has 0 heterocycles. The first-order valence-corrected chi connectivity index (χ1v) is 11.4. The van der Waals surface area contributed by atoms with Crippen LogP contribution in [0.4, 0.5) is 5.69 Å². The van der Waals surface area contributed by atoms with Crippen molar-refractivity contribution in [3.05, 3.63) is 84.2 Å². The number of hydrogen-bond donors (Lipinski definition) is 1. The van der Waals surface area contributed by atoms with Gasteiger partial charge in [0.25, 0.3) is 0 Å². The van der Waals surface area contributed by atoms with Gasteiger partial charge in [0.2, 0.25) is 0 Å². The summed E-state index contributed by atoms with van der Waals surface area (Å²) in [6.45, 7) is 3.20. The van der Waals surface area contributed by atoms with E-state index < -0.39 is 0 Å². The lowest BCUT2D eigenvalue weighted by atomic mass is 10.2. The highest BCUT2D eigenvalue weighted by Crippen LogP contribution is 2.38. The van der Waals surface area contributed by atoms with E-state index in [-0.39, 0.29) is 6.61 Å². The fourth-order valence-corrected chi connectivity index (χ4v) is 4.16. The molecule has 0 atom stereocenters. The number of anilines is 1. The molecule has 0 radical (unpaired) electrons. The van der Waals surface area contributed by atoms with Crippen molar-refractivity contribution in [1.29, 1.82) is 0 Å². The van der Waals surface area contributed by atoms with Crippen molar-refractivity contribution < 1.29 is 9.47 Å². The lowest BCUT2D eigenvalue weighted by Gasteiger charge is -2.17. The Morgan fingerprint density at radius 3 is 2.27 bits per heavy atom. The molecule has 3 aromatic carbocycles. The second-order valence-corrected chi connectivity index (χ2v) is 8.79. The third-order valence-electron chi connectivity index (χ3n) is 4.21. The molecule has 30 heavy (non-hydrogen) atoms. The van der Waals surface area contributed by atoms with E-state index in [9.17, 15) is 0 Å². The van der Waals surface area contributed by atoms with Crippen LogP contribution in [0.3, 0.4) is 0 Å². The van der Waals surface area contributed by atoms with Crippen LogP contribution in [0.1, 0.15) is 18.1 Å². The summed E-state index contributed by atoms with van der Waals surface area (Å²) in [5, 5.41) is 5.45. The molecule has 0 saturated heterocycles. The molecule has 8 heteroatoms. The molecule has 0 aliphatic carbocycles. The van der Waals surface area contributed by atoms with Crippen molar-refractivity contribution in [3.8, 4) is 11.5 Å². The van der Waals surface area contributed by atoms with Crippen LogP contribution in [-0.2, 0) is 13.2 Å². The number of ether oxygens (including phenoxy) is 2. The summed E-state index contributed by atoms with van der Waals surface area (Å²) >= 11 is 28.1. The van der Waals surface area contributed by atoms with Crippen LogP contribution in [0.25, 0.3) is 0 Å². The number of halogens is 5. The number of rotatable bonds is 8. The molecule has 0 unspecified atom stereocenters. The highest BCUT2D eigenvalue weighted by molar-refractivity contribution is 9.10. The third-order valence-corrected chi connectivity index (χ3v) is 6.24. The Bertz CT molecular complexity index is 1030. The molecule has 3 nitrogen and oxygen atoms in total. The van der Waals surface area contributed by atoms with E-state index in [2.05, 4.69) is 21.2 Å². The van der Waals surface area contributed by atoms with Crippen molar-refractivity contribution in [1.82, 2.24) is 0 Å². The van der Waals surface area contributed by atoms with Crippen molar-refractivity contribution in [3.63, 3.8) is 0 Å². The molecule has 1 N–H and O–H groups in total. The summed E-state index contributed by atoms with van der Waals surface area (Å²) in [4.78, 5) is 0. The van der Waals surface area contributed by atoms with Crippen LogP contribution >= 0.6 is 62.3 Å². The Hall–Kier alpha value is -1.30. The first kappa shape index (κ1) is 23.4. The van der Waals surface area contributed by atoms with E-state index in [1.54, 1.807) is 30.3 Å². The van der Waals surface area contributed by atoms with E-state index in [1.165, 1.54) is 0 Å². The van der Waals surface area contributed by atoms with E-state index in [0.29, 0.717) is 44.7 Å². The molecule has 0 fully saturated rings. The topological polar surface area (TPSA) is 30.5 Å². The molecular formula is C22H18BrCl4NO2. The predicted octanol–water partition coefficient (Wildman–Crippen LogP) is 8.65. The highest BCUT2D eigenvalue weighted by Gasteiger charge is 2.15. The Morgan fingerprint density at radius 2 is 1.60 bits per heavy atom. The minimum atomic E-state index is 0.220. The SMILES string of the molecule is CCOc1cc(CNc2ccc(Cl)c(Cl)c2)cc(Br)c1OCc1c(Cl)cccc1Cl. The highest BCUT2D eigenvalue weighted by atomic mass is 79.9. The lowest BCUT2D eigenvalue weighted by Crippen LogP contribution is -2.04. The molecule has 0 aliphatic heterocycles. The quantitative estimate of drug-likeness (QED) is 0.305. The van der Waals surface area contributed by atoms with Crippen molar-refractivity contribution >= 4 is 68.0 Å². The monoisotopic (exact) mass is 547 g/mol. The molecule has 0 bridgehead atoms. The second kappa shape index (κ2) is 10.8. The van der Waals surface area contributed by atoms with Gasteiger partial charge in [-0.05, 0) is 70.9 Å². The van der Waals surface area contributed by atoms with Gasteiger partial charge in [0, 0.05) is 27.8 Å². The van der Waals surface area contributed by atoms with Gasteiger partial charge >= 0.3 is 0 Å². The molecule has 0 aliphatic rings. The maximum absolute atomic E-state index is 6.25. The molecule has 3 rings (SSSR count). The second-order valence-electron chi connectivity index (χ2n) is 6.31. The minimum absolute atomic E-state index is 0.220. The largest absolute Gasteiger partial charge is 0.490 e. The fourth-order valence-electron chi connectivity index (χ4n) is 2.75. The summed E-state index contributed by atoms with van der Waals surface area (Å²) < 4.78 is 12.6. The molecule has 0 aromatic heterocycles. The molecular weight excluding hydrogens is 532 g/mol. The normalized spacial score (nSPS) is 10.7. The Kier molecular flexibility index (Phi) is 8.44. The number of hydrogen-bond acceptors (Lipinski definition) is 3. The van der Waals surface area contributed by atoms with Gasteiger partial charge in [0.1, 0.15) is 6.61 Å². The Balaban J connectivity index is 1.78. The zero-order valence-electron chi connectivity index (χ0n) is 15.9. The lowest BCUT2D eigenvalue weighted by molar-refractivity contribution is 0.267. The zero-order chi connectivity index (χ0) is 21.7. The van der Waals surface area contributed by atoms with Gasteiger partial charge in [0.05, 0.1) is 21.1 Å². The van der Waals surface area contributed by atoms with Crippen LogP contribution < -0.4 is 14.8 Å². The Morgan fingerprint density at radius 1 is 0.867 bits per heavy atom. The summed E-state index contributed by atoms with van der Waals surface area (Å²) in [5.41, 5.74) is 2.59. The zero-order valence-corrected chi connectivity index (χ0v) is 20.6. The standard InChI is InChI=1S/C22H18BrCl4NO2/c1-2-29-21-9-13(11-28-14-6-7-19(26)20(27)10-14)8-16(23)22(21)30-12-15-17(24)4-3-5-18(15)25/h3-10,28H,2,11-12H2,1H3. The molecule has 158 valence electrons. The van der Waals surface area contributed by atoms with E-state index in [0.717, 1.165) is 21.3 Å². The van der Waals surface area contributed by atoms with Gasteiger partial charge in [-0.3, -0.25) is 0 Å². The van der Waals surface area contributed by atoms with Gasteiger partial charge in [-0.25, -0.2) is 0 Å². The van der Waals surface area contributed by atoms with Crippen molar-refractivity contribution in [2.45, 2.75) is 20.1 Å². The average Bonchev–Trinajstić information content (AvgIpc) is 2.70. The smallest absolute Gasteiger partial charge is 0.175 e. The van der Waals surface area contributed by atoms with Crippen molar-refractivity contribution in [2.75, 3.05) is 11.9 Å². The summed E-state index contributed by atoms with van der Waals surface area (Å²) in [7, 11) is 0. The summed E-state index contributed by atoms with van der Waals surface area (Å²) in [6.07, 6.45) is 0. The van der Waals surface area contributed by atoms with Crippen LogP contribution in [-0.4, -0.2) is 6.61 Å². The number of benzene rings is 3. The molecule has 3 aromatic rings. The van der Waals surface area contributed by atoms with Gasteiger partial charge < -0.3 is 14.8 Å². The molecule has 0 amide bonds. The molecule has 0 spiro atoms. The maximum Gasteiger partial charge on any atom is 0.175 e. The summed E-state index contributed by atoms with van der Waals surface area (Å²) in [5.74, 6) is 1.21. The maximum atomic E-state index is 6.25. The third kappa shape index (κ3) is 5.89. The first-order chi connectivity index (χ1) is 14.4.